The molecule has 8 nitrogen and oxygen atoms in total. The number of rotatable bonds is 5. The van der Waals surface area contributed by atoms with E-state index < -0.39 is 0 Å². The van der Waals surface area contributed by atoms with Gasteiger partial charge in [-0.05, 0) is 31.0 Å². The van der Waals surface area contributed by atoms with Crippen LogP contribution in [-0.4, -0.2) is 40.0 Å². The van der Waals surface area contributed by atoms with Gasteiger partial charge in [-0.15, -0.1) is 11.3 Å². The van der Waals surface area contributed by atoms with Crippen LogP contribution < -0.4 is 15.5 Å². The smallest absolute Gasteiger partial charge is 0.321 e. The van der Waals surface area contributed by atoms with Crippen LogP contribution in [0.4, 0.5) is 10.5 Å². The number of thiazole rings is 1. The van der Waals surface area contributed by atoms with Gasteiger partial charge in [0.05, 0.1) is 12.2 Å². The molecule has 1 aromatic carbocycles. The van der Waals surface area contributed by atoms with Gasteiger partial charge in [-0.3, -0.25) is 19.7 Å². The van der Waals surface area contributed by atoms with E-state index in [2.05, 4.69) is 25.6 Å². The number of carbonyl (C=O) groups is 2. The first-order valence-electron chi connectivity index (χ1n) is 9.30. The lowest BCUT2D eigenvalue weighted by atomic mass is 10.1. The predicted octanol–water partition coefficient (Wildman–Crippen LogP) is 3.01. The first-order valence-corrected chi connectivity index (χ1v) is 10.2. The zero-order valence-electron chi connectivity index (χ0n) is 15.8. The summed E-state index contributed by atoms with van der Waals surface area (Å²) < 4.78 is 0. The molecule has 3 heterocycles. The molecule has 0 aliphatic carbocycles. The Bertz CT molecular complexity index is 1010. The molecule has 1 fully saturated rings. The van der Waals surface area contributed by atoms with E-state index in [1.807, 2.05) is 31.2 Å². The summed E-state index contributed by atoms with van der Waals surface area (Å²) in [5.41, 5.74) is 2.78. The fraction of sp³-hybridized carbons (Fsp3) is 0.250. The van der Waals surface area contributed by atoms with Crippen molar-refractivity contribution >= 4 is 29.0 Å². The van der Waals surface area contributed by atoms with E-state index in [1.165, 1.54) is 11.3 Å². The Labute approximate surface area is 172 Å². The van der Waals surface area contributed by atoms with Crippen LogP contribution >= 0.6 is 11.3 Å². The molecule has 1 aliphatic heterocycles. The van der Waals surface area contributed by atoms with Crippen LogP contribution in [0.2, 0.25) is 0 Å². The van der Waals surface area contributed by atoms with Gasteiger partial charge in [0.25, 0.3) is 5.91 Å². The van der Waals surface area contributed by atoms with Crippen LogP contribution in [0.15, 0.2) is 48.2 Å². The van der Waals surface area contributed by atoms with Gasteiger partial charge in [0.15, 0.2) is 0 Å². The second kappa shape index (κ2) is 8.36. The van der Waals surface area contributed by atoms with E-state index in [0.717, 1.165) is 17.7 Å². The molecule has 9 heteroatoms. The van der Waals surface area contributed by atoms with Gasteiger partial charge in [0.1, 0.15) is 16.4 Å². The van der Waals surface area contributed by atoms with Gasteiger partial charge in [0, 0.05) is 36.6 Å². The van der Waals surface area contributed by atoms with Gasteiger partial charge in [0.2, 0.25) is 0 Å². The van der Waals surface area contributed by atoms with Crippen molar-refractivity contribution in [2.75, 3.05) is 18.0 Å². The summed E-state index contributed by atoms with van der Waals surface area (Å²) in [6.45, 7) is 3.33. The van der Waals surface area contributed by atoms with Gasteiger partial charge < -0.3 is 10.6 Å². The Morgan fingerprint density at radius 3 is 2.83 bits per heavy atom. The maximum Gasteiger partial charge on any atom is 0.321 e. The van der Waals surface area contributed by atoms with Crippen molar-refractivity contribution in [1.82, 2.24) is 25.6 Å². The highest BCUT2D eigenvalue weighted by Gasteiger charge is 2.20. The average Bonchev–Trinajstić information content (AvgIpc) is 3.25. The van der Waals surface area contributed by atoms with Crippen LogP contribution in [0.3, 0.4) is 0 Å². The minimum absolute atomic E-state index is 0.0761. The summed E-state index contributed by atoms with van der Waals surface area (Å²) in [6.07, 6.45) is 5.72. The number of carbonyl (C=O) groups excluding carboxylic acids is 2. The van der Waals surface area contributed by atoms with E-state index in [0.29, 0.717) is 29.5 Å². The second-order valence-corrected chi connectivity index (χ2v) is 7.51. The number of nitrogens with zero attached hydrogens (tertiary/aromatic N) is 4. The van der Waals surface area contributed by atoms with Crippen molar-refractivity contribution < 1.29 is 9.59 Å². The number of hydrogen-bond acceptors (Lipinski definition) is 6. The maximum absolute atomic E-state index is 12.6. The Hall–Kier alpha value is -3.33. The van der Waals surface area contributed by atoms with Crippen LogP contribution in [0.5, 0.6) is 0 Å². The monoisotopic (exact) mass is 408 g/mol. The van der Waals surface area contributed by atoms with Crippen molar-refractivity contribution in [2.45, 2.75) is 19.4 Å². The van der Waals surface area contributed by atoms with Gasteiger partial charge in [-0.2, -0.15) is 0 Å². The molecule has 1 aliphatic rings. The highest BCUT2D eigenvalue weighted by atomic mass is 32.1. The SMILES string of the molecule is CC(NC(=O)c1csc(-c2cnccn2)n1)c1ccc(N2CCCNC2=O)cc1. The quantitative estimate of drug-likeness (QED) is 0.676. The third-order valence-electron chi connectivity index (χ3n) is 4.65. The number of amides is 3. The lowest BCUT2D eigenvalue weighted by Gasteiger charge is -2.27. The molecule has 3 aromatic rings. The maximum atomic E-state index is 12.6. The minimum atomic E-state index is -0.247. The lowest BCUT2D eigenvalue weighted by Crippen LogP contribution is -2.46. The molecular weight excluding hydrogens is 388 g/mol. The summed E-state index contributed by atoms with van der Waals surface area (Å²) >= 11 is 1.35. The van der Waals surface area contributed by atoms with Crippen LogP contribution in [0.25, 0.3) is 10.7 Å². The molecule has 29 heavy (non-hydrogen) atoms. The van der Waals surface area contributed by atoms with Crippen molar-refractivity contribution in [2.24, 2.45) is 0 Å². The fourth-order valence-corrected chi connectivity index (χ4v) is 3.84. The van der Waals surface area contributed by atoms with E-state index in [1.54, 1.807) is 28.9 Å². The summed E-state index contributed by atoms with van der Waals surface area (Å²) in [5, 5.41) is 8.17. The van der Waals surface area contributed by atoms with Crippen LogP contribution in [0.1, 0.15) is 35.4 Å². The minimum Gasteiger partial charge on any atom is -0.344 e. The van der Waals surface area contributed by atoms with Gasteiger partial charge in [-0.1, -0.05) is 12.1 Å². The van der Waals surface area contributed by atoms with E-state index in [9.17, 15) is 9.59 Å². The van der Waals surface area contributed by atoms with E-state index in [-0.39, 0.29) is 18.0 Å². The van der Waals surface area contributed by atoms with Gasteiger partial charge in [-0.25, -0.2) is 9.78 Å². The first-order chi connectivity index (χ1) is 14.1. The summed E-state index contributed by atoms with van der Waals surface area (Å²) in [5.74, 6) is -0.247. The van der Waals surface area contributed by atoms with Crippen molar-refractivity contribution in [1.29, 1.82) is 0 Å². The molecule has 2 aromatic heterocycles. The Balaban J connectivity index is 1.41. The first kappa shape index (κ1) is 19.0. The fourth-order valence-electron chi connectivity index (χ4n) is 3.08. The molecular formula is C20H20N6O2S. The predicted molar refractivity (Wildman–Crippen MR) is 111 cm³/mol. The zero-order valence-corrected chi connectivity index (χ0v) is 16.6. The Kier molecular flexibility index (Phi) is 5.48. The number of benzene rings is 1. The highest BCUT2D eigenvalue weighted by molar-refractivity contribution is 7.13. The molecule has 4 rings (SSSR count). The second-order valence-electron chi connectivity index (χ2n) is 6.65. The Morgan fingerprint density at radius 2 is 2.10 bits per heavy atom. The molecule has 0 saturated carbocycles. The van der Waals surface area contributed by atoms with Crippen LogP contribution in [0, 0.1) is 0 Å². The molecule has 1 saturated heterocycles. The van der Waals surface area contributed by atoms with Gasteiger partial charge >= 0.3 is 6.03 Å². The molecule has 148 valence electrons. The molecule has 2 N–H and O–H groups in total. The number of nitrogens with one attached hydrogen (secondary N) is 2. The number of anilines is 1. The highest BCUT2D eigenvalue weighted by Crippen LogP contribution is 2.23. The summed E-state index contributed by atoms with van der Waals surface area (Å²) in [6, 6.07) is 7.37. The number of hydrogen-bond donors (Lipinski definition) is 2. The third kappa shape index (κ3) is 4.24. The molecule has 1 unspecified atom stereocenters. The van der Waals surface area contributed by atoms with E-state index >= 15 is 0 Å². The van der Waals surface area contributed by atoms with Crippen molar-refractivity contribution in [3.8, 4) is 10.7 Å². The zero-order chi connectivity index (χ0) is 20.2. The van der Waals surface area contributed by atoms with E-state index in [4.69, 9.17) is 0 Å². The largest absolute Gasteiger partial charge is 0.344 e. The molecule has 3 amide bonds. The average molecular weight is 408 g/mol. The topological polar surface area (TPSA) is 100 Å². The van der Waals surface area contributed by atoms with Crippen molar-refractivity contribution in [3.63, 3.8) is 0 Å². The standard InChI is InChI=1S/C20H20N6O2S/c1-13(14-3-5-15(6-4-14)26-10-2-7-23-20(26)28)24-18(27)17-12-29-19(25-17)16-11-21-8-9-22-16/h3-6,8-9,11-13H,2,7,10H2,1H3,(H,23,28)(H,24,27). The third-order valence-corrected chi connectivity index (χ3v) is 5.52. The number of urea groups is 1. The normalized spacial score (nSPS) is 14.9. The van der Waals surface area contributed by atoms with Crippen molar-refractivity contribution in [3.05, 3.63) is 59.5 Å². The number of aromatic nitrogens is 3. The molecule has 0 radical (unpaired) electrons. The lowest BCUT2D eigenvalue weighted by molar-refractivity contribution is 0.0935. The molecule has 0 bridgehead atoms. The summed E-state index contributed by atoms with van der Waals surface area (Å²) in [7, 11) is 0. The van der Waals surface area contributed by atoms with Crippen LogP contribution in [-0.2, 0) is 0 Å². The summed E-state index contributed by atoms with van der Waals surface area (Å²) in [4.78, 5) is 38.8. The Morgan fingerprint density at radius 1 is 1.28 bits per heavy atom. The molecule has 1 atom stereocenters. The molecule has 0 spiro atoms.